The summed E-state index contributed by atoms with van der Waals surface area (Å²) in [7, 11) is 4.15. The highest BCUT2D eigenvalue weighted by atomic mass is 16.3. The van der Waals surface area contributed by atoms with Gasteiger partial charge in [0, 0.05) is 26.2 Å². The van der Waals surface area contributed by atoms with Crippen molar-refractivity contribution in [2.45, 2.75) is 32.0 Å². The second-order valence-corrected chi connectivity index (χ2v) is 6.77. The van der Waals surface area contributed by atoms with E-state index in [1.54, 1.807) is 0 Å². The molecule has 1 saturated heterocycles. The molecule has 0 bridgehead atoms. The van der Waals surface area contributed by atoms with Crippen LogP contribution in [0.3, 0.4) is 0 Å². The van der Waals surface area contributed by atoms with Gasteiger partial charge in [0.15, 0.2) is 0 Å². The number of nitrogens with zero attached hydrogens (tertiary/aromatic N) is 5. The number of β-amino-alcohol motifs (C(OH)–C–C–N with tert-alkyl or cyclic N) is 1. The summed E-state index contributed by atoms with van der Waals surface area (Å²) in [6.45, 7) is 5.47. The van der Waals surface area contributed by atoms with Crippen LogP contribution in [0.25, 0.3) is 0 Å². The molecule has 24 heavy (non-hydrogen) atoms. The van der Waals surface area contributed by atoms with Gasteiger partial charge in [0.2, 0.25) is 0 Å². The number of likely N-dealkylation sites (N-methyl/N-ethyl adjacent to an activating group) is 1. The maximum Gasteiger partial charge on any atom is 0.146 e. The van der Waals surface area contributed by atoms with E-state index in [4.69, 9.17) is 0 Å². The molecule has 2 aromatic rings. The van der Waals surface area contributed by atoms with Gasteiger partial charge in [-0.25, -0.2) is 0 Å². The smallest absolute Gasteiger partial charge is 0.146 e. The Kier molecular flexibility index (Phi) is 5.28. The standard InChI is InChI=1S/C18H27N5O/c1-14-19-20-18(22(14)3)13-21(2)16-9-10-23(11-16)12-17(24)15-7-5-4-6-8-15/h4-8,16-17,24H,9-13H2,1-3H3/t16-,17-/m0/s1. The van der Waals surface area contributed by atoms with Crippen molar-refractivity contribution in [1.29, 1.82) is 0 Å². The lowest BCUT2D eigenvalue weighted by Crippen LogP contribution is -2.35. The molecule has 0 unspecified atom stereocenters. The second-order valence-electron chi connectivity index (χ2n) is 6.77. The van der Waals surface area contributed by atoms with Crippen LogP contribution in [0.15, 0.2) is 30.3 Å². The minimum Gasteiger partial charge on any atom is -0.387 e. The monoisotopic (exact) mass is 329 g/mol. The molecular weight excluding hydrogens is 302 g/mol. The summed E-state index contributed by atoms with van der Waals surface area (Å²) in [5.41, 5.74) is 0.990. The van der Waals surface area contributed by atoms with E-state index in [9.17, 15) is 5.11 Å². The fourth-order valence-corrected chi connectivity index (χ4v) is 3.30. The molecule has 130 valence electrons. The number of benzene rings is 1. The van der Waals surface area contributed by atoms with Gasteiger partial charge in [0.05, 0.1) is 12.6 Å². The number of aryl methyl sites for hydroxylation is 1. The molecule has 0 spiro atoms. The molecule has 1 aromatic heterocycles. The Morgan fingerprint density at radius 2 is 2.04 bits per heavy atom. The molecule has 2 atom stereocenters. The zero-order chi connectivity index (χ0) is 17.1. The van der Waals surface area contributed by atoms with E-state index in [-0.39, 0.29) is 0 Å². The lowest BCUT2D eigenvalue weighted by atomic mass is 10.1. The van der Waals surface area contributed by atoms with Gasteiger partial charge in [-0.2, -0.15) is 0 Å². The Morgan fingerprint density at radius 3 is 2.71 bits per heavy atom. The Hall–Kier alpha value is -1.76. The van der Waals surface area contributed by atoms with E-state index in [0.29, 0.717) is 12.6 Å². The lowest BCUT2D eigenvalue weighted by Gasteiger charge is -2.25. The maximum absolute atomic E-state index is 10.4. The van der Waals surface area contributed by atoms with Gasteiger partial charge in [0.1, 0.15) is 11.6 Å². The summed E-state index contributed by atoms with van der Waals surface area (Å²) >= 11 is 0. The van der Waals surface area contributed by atoms with Crippen molar-refractivity contribution in [3.05, 3.63) is 47.5 Å². The van der Waals surface area contributed by atoms with Crippen molar-refractivity contribution < 1.29 is 5.11 Å². The van der Waals surface area contributed by atoms with Crippen LogP contribution < -0.4 is 0 Å². The molecular formula is C18H27N5O. The third-order valence-corrected chi connectivity index (χ3v) is 5.06. The minimum atomic E-state index is -0.420. The van der Waals surface area contributed by atoms with E-state index >= 15 is 0 Å². The minimum absolute atomic E-state index is 0.420. The average molecular weight is 329 g/mol. The van der Waals surface area contributed by atoms with Crippen LogP contribution in [0, 0.1) is 6.92 Å². The third-order valence-electron chi connectivity index (χ3n) is 5.06. The Balaban J connectivity index is 1.52. The fraction of sp³-hybridized carbons (Fsp3) is 0.556. The van der Waals surface area contributed by atoms with Crippen LogP contribution in [0.5, 0.6) is 0 Å². The molecule has 0 amide bonds. The Bertz CT molecular complexity index is 657. The number of aromatic nitrogens is 3. The maximum atomic E-state index is 10.4. The molecule has 1 aliphatic heterocycles. The summed E-state index contributed by atoms with van der Waals surface area (Å²) in [5, 5.41) is 18.8. The predicted molar refractivity (Wildman–Crippen MR) is 93.5 cm³/mol. The number of hydrogen-bond acceptors (Lipinski definition) is 5. The van der Waals surface area contributed by atoms with E-state index in [0.717, 1.165) is 43.3 Å². The molecule has 1 fully saturated rings. The Morgan fingerprint density at radius 1 is 1.29 bits per heavy atom. The van der Waals surface area contributed by atoms with Crippen molar-refractivity contribution in [2.24, 2.45) is 7.05 Å². The zero-order valence-electron chi connectivity index (χ0n) is 14.8. The number of rotatable bonds is 6. The average Bonchev–Trinajstić information content (AvgIpc) is 3.18. The highest BCUT2D eigenvalue weighted by Gasteiger charge is 2.28. The van der Waals surface area contributed by atoms with Crippen molar-refractivity contribution >= 4 is 0 Å². The van der Waals surface area contributed by atoms with Crippen molar-refractivity contribution in [2.75, 3.05) is 26.7 Å². The molecule has 6 heteroatoms. The first-order valence-corrected chi connectivity index (χ1v) is 8.55. The molecule has 6 nitrogen and oxygen atoms in total. The van der Waals surface area contributed by atoms with Crippen LogP contribution in [0.4, 0.5) is 0 Å². The van der Waals surface area contributed by atoms with Crippen LogP contribution in [-0.4, -0.2) is 62.4 Å². The van der Waals surface area contributed by atoms with Crippen LogP contribution in [0.2, 0.25) is 0 Å². The van der Waals surface area contributed by atoms with Crippen molar-refractivity contribution in [1.82, 2.24) is 24.6 Å². The lowest BCUT2D eigenvalue weighted by molar-refractivity contribution is 0.120. The molecule has 0 radical (unpaired) electrons. The first kappa shape index (κ1) is 17.1. The van der Waals surface area contributed by atoms with E-state index in [1.165, 1.54) is 0 Å². The van der Waals surface area contributed by atoms with Gasteiger partial charge in [-0.15, -0.1) is 10.2 Å². The van der Waals surface area contributed by atoms with Gasteiger partial charge in [-0.1, -0.05) is 30.3 Å². The summed E-state index contributed by atoms with van der Waals surface area (Å²) < 4.78 is 2.04. The quantitative estimate of drug-likeness (QED) is 0.867. The zero-order valence-corrected chi connectivity index (χ0v) is 14.8. The van der Waals surface area contributed by atoms with Crippen molar-refractivity contribution in [3.8, 4) is 0 Å². The van der Waals surface area contributed by atoms with Gasteiger partial charge in [0.25, 0.3) is 0 Å². The largest absolute Gasteiger partial charge is 0.387 e. The number of aliphatic hydroxyl groups excluding tert-OH is 1. The van der Waals surface area contributed by atoms with Gasteiger partial charge < -0.3 is 9.67 Å². The first-order chi connectivity index (χ1) is 11.5. The highest BCUT2D eigenvalue weighted by Crippen LogP contribution is 2.20. The summed E-state index contributed by atoms with van der Waals surface area (Å²) in [6, 6.07) is 10.4. The van der Waals surface area contributed by atoms with Gasteiger partial charge in [-0.3, -0.25) is 9.80 Å². The summed E-state index contributed by atoms with van der Waals surface area (Å²) in [5.74, 6) is 1.94. The van der Waals surface area contributed by atoms with Gasteiger partial charge in [-0.05, 0) is 32.5 Å². The third kappa shape index (κ3) is 3.83. The molecule has 0 aliphatic carbocycles. The number of aliphatic hydroxyl groups is 1. The molecule has 1 aliphatic rings. The van der Waals surface area contributed by atoms with Crippen molar-refractivity contribution in [3.63, 3.8) is 0 Å². The second kappa shape index (κ2) is 7.42. The molecule has 2 heterocycles. The molecule has 1 N–H and O–H groups in total. The van der Waals surface area contributed by atoms with E-state index in [2.05, 4.69) is 27.0 Å². The molecule has 1 aromatic carbocycles. The van der Waals surface area contributed by atoms with E-state index < -0.39 is 6.10 Å². The number of likely N-dealkylation sites (tertiary alicyclic amines) is 1. The molecule has 3 rings (SSSR count). The highest BCUT2D eigenvalue weighted by molar-refractivity contribution is 5.17. The van der Waals surface area contributed by atoms with Crippen LogP contribution in [-0.2, 0) is 13.6 Å². The van der Waals surface area contributed by atoms with Gasteiger partial charge >= 0.3 is 0 Å². The Labute approximate surface area is 143 Å². The van der Waals surface area contributed by atoms with E-state index in [1.807, 2.05) is 48.9 Å². The number of hydrogen-bond donors (Lipinski definition) is 1. The fourth-order valence-electron chi connectivity index (χ4n) is 3.30. The van der Waals surface area contributed by atoms with Crippen LogP contribution in [0.1, 0.15) is 29.7 Å². The predicted octanol–water partition coefficient (Wildman–Crippen LogP) is 1.36. The normalized spacial score (nSPS) is 20.0. The molecule has 0 saturated carbocycles. The topological polar surface area (TPSA) is 57.4 Å². The van der Waals surface area contributed by atoms with Crippen LogP contribution >= 0.6 is 0 Å². The summed E-state index contributed by atoms with van der Waals surface area (Å²) in [6.07, 6.45) is 0.700. The SMILES string of the molecule is Cc1nnc(CN(C)[C@H]2CCN(C[C@H](O)c3ccccc3)C2)n1C. The summed E-state index contributed by atoms with van der Waals surface area (Å²) in [4.78, 5) is 4.69. The first-order valence-electron chi connectivity index (χ1n) is 8.55.